The van der Waals surface area contributed by atoms with Crippen LogP contribution in [0.5, 0.6) is 0 Å². The Balaban J connectivity index is 1.52. The number of ether oxygens (including phenoxy) is 2. The van der Waals surface area contributed by atoms with Crippen molar-refractivity contribution >= 4 is 11.6 Å². The quantitative estimate of drug-likeness (QED) is 0.905. The molecule has 6 heteroatoms. The number of anilines is 1. The fraction of sp³-hybridized carbons (Fsp3) is 0.714. The number of hydrogen-bond acceptors (Lipinski definition) is 4. The second kappa shape index (κ2) is 6.37. The van der Waals surface area contributed by atoms with Gasteiger partial charge < -0.3 is 14.8 Å². The van der Waals surface area contributed by atoms with Gasteiger partial charge in [0, 0.05) is 19.4 Å². The van der Waals surface area contributed by atoms with Crippen molar-refractivity contribution in [1.29, 1.82) is 0 Å². The average Bonchev–Trinajstić information content (AvgIpc) is 3.11. The van der Waals surface area contributed by atoms with Crippen LogP contribution in [-0.4, -0.2) is 41.6 Å². The Morgan fingerprint density at radius 2 is 2.35 bits per heavy atom. The first-order valence-corrected chi connectivity index (χ1v) is 7.34. The fourth-order valence-corrected chi connectivity index (χ4v) is 2.67. The van der Waals surface area contributed by atoms with Crippen LogP contribution >= 0.6 is 0 Å². The van der Waals surface area contributed by atoms with Crippen LogP contribution in [0, 0.1) is 5.92 Å². The number of nitrogens with zero attached hydrogens (tertiary/aromatic N) is 2. The molecule has 0 unspecified atom stereocenters. The lowest BCUT2D eigenvalue weighted by Gasteiger charge is -2.22. The Morgan fingerprint density at radius 1 is 1.40 bits per heavy atom. The van der Waals surface area contributed by atoms with Gasteiger partial charge in [-0.1, -0.05) is 0 Å². The highest BCUT2D eigenvalue weighted by molar-refractivity contribution is 5.92. The predicted octanol–water partition coefficient (Wildman–Crippen LogP) is 1.43. The van der Waals surface area contributed by atoms with Gasteiger partial charge in [0.05, 0.1) is 37.1 Å². The molecule has 3 heterocycles. The maximum absolute atomic E-state index is 12.0. The van der Waals surface area contributed by atoms with E-state index in [0.717, 1.165) is 38.1 Å². The van der Waals surface area contributed by atoms with Crippen molar-refractivity contribution < 1.29 is 14.3 Å². The molecule has 0 bridgehead atoms. The summed E-state index contributed by atoms with van der Waals surface area (Å²) in [5, 5.41) is 7.18. The van der Waals surface area contributed by atoms with Gasteiger partial charge in [0.15, 0.2) is 0 Å². The lowest BCUT2D eigenvalue weighted by Crippen LogP contribution is -2.24. The molecule has 1 N–H and O–H groups in total. The molecule has 3 rings (SSSR count). The molecule has 0 aliphatic carbocycles. The molecular formula is C14H21N3O3. The molecule has 0 spiro atoms. The van der Waals surface area contributed by atoms with Crippen LogP contribution in [0.2, 0.25) is 0 Å². The van der Waals surface area contributed by atoms with Crippen LogP contribution in [0.25, 0.3) is 0 Å². The number of carbonyl (C=O) groups is 1. The van der Waals surface area contributed by atoms with Gasteiger partial charge in [0.2, 0.25) is 5.91 Å². The molecule has 1 aromatic heterocycles. The smallest absolute Gasteiger partial charge is 0.229 e. The van der Waals surface area contributed by atoms with Crippen LogP contribution < -0.4 is 5.32 Å². The van der Waals surface area contributed by atoms with Gasteiger partial charge in [-0.2, -0.15) is 5.10 Å². The third kappa shape index (κ3) is 3.37. The van der Waals surface area contributed by atoms with Gasteiger partial charge in [-0.05, 0) is 25.7 Å². The Kier molecular flexibility index (Phi) is 4.32. The predicted molar refractivity (Wildman–Crippen MR) is 73.4 cm³/mol. The molecule has 2 atom stereocenters. The maximum atomic E-state index is 12.0. The van der Waals surface area contributed by atoms with Crippen molar-refractivity contribution in [3.8, 4) is 0 Å². The van der Waals surface area contributed by atoms with Gasteiger partial charge in [-0.15, -0.1) is 0 Å². The van der Waals surface area contributed by atoms with E-state index in [2.05, 4.69) is 10.4 Å². The minimum atomic E-state index is -0.0278. The first-order valence-electron chi connectivity index (χ1n) is 7.34. The zero-order chi connectivity index (χ0) is 13.8. The molecule has 0 aromatic carbocycles. The number of hydrogen-bond donors (Lipinski definition) is 1. The van der Waals surface area contributed by atoms with E-state index in [0.29, 0.717) is 13.2 Å². The Labute approximate surface area is 118 Å². The second-order valence-corrected chi connectivity index (χ2v) is 5.49. The van der Waals surface area contributed by atoms with Crippen molar-refractivity contribution in [3.05, 3.63) is 12.4 Å². The van der Waals surface area contributed by atoms with Crippen molar-refractivity contribution in [2.24, 2.45) is 5.92 Å². The zero-order valence-electron chi connectivity index (χ0n) is 11.6. The van der Waals surface area contributed by atoms with E-state index in [-0.39, 0.29) is 17.9 Å². The summed E-state index contributed by atoms with van der Waals surface area (Å²) in [5.41, 5.74) is 0.748. The molecule has 20 heavy (non-hydrogen) atoms. The summed E-state index contributed by atoms with van der Waals surface area (Å²) in [6.07, 6.45) is 8.06. The maximum Gasteiger partial charge on any atom is 0.229 e. The van der Waals surface area contributed by atoms with Crippen LogP contribution in [0.1, 0.15) is 25.7 Å². The zero-order valence-corrected chi connectivity index (χ0v) is 11.6. The first kappa shape index (κ1) is 13.6. The topological polar surface area (TPSA) is 65.4 Å². The molecule has 0 radical (unpaired) electrons. The monoisotopic (exact) mass is 279 g/mol. The Morgan fingerprint density at radius 3 is 3.10 bits per heavy atom. The molecule has 6 nitrogen and oxygen atoms in total. The highest BCUT2D eigenvalue weighted by Crippen LogP contribution is 2.17. The second-order valence-electron chi connectivity index (χ2n) is 5.49. The largest absolute Gasteiger partial charge is 0.381 e. The molecule has 2 aliphatic rings. The molecule has 2 fully saturated rings. The average molecular weight is 279 g/mol. The lowest BCUT2D eigenvalue weighted by molar-refractivity contribution is -0.119. The first-order chi connectivity index (χ1) is 9.81. The summed E-state index contributed by atoms with van der Waals surface area (Å²) in [7, 11) is 0. The van der Waals surface area contributed by atoms with E-state index in [1.165, 1.54) is 6.42 Å². The number of rotatable bonds is 4. The molecule has 2 aliphatic heterocycles. The van der Waals surface area contributed by atoms with E-state index in [1.807, 2.05) is 10.9 Å². The minimum absolute atomic E-state index is 0.0240. The van der Waals surface area contributed by atoms with Crippen molar-refractivity contribution in [2.75, 3.05) is 25.1 Å². The standard InChI is InChI=1S/C14H21N3O3/c18-14(11-4-6-19-10-11)16-12-7-15-17(8-12)9-13-3-1-2-5-20-13/h7-8,11,13H,1-6,9-10H2,(H,16,18)/t11-,13-/m0/s1. The molecule has 2 saturated heterocycles. The van der Waals surface area contributed by atoms with Gasteiger partial charge in [-0.3, -0.25) is 9.48 Å². The number of nitrogens with one attached hydrogen (secondary N) is 1. The summed E-state index contributed by atoms with van der Waals surface area (Å²) < 4.78 is 12.8. The van der Waals surface area contributed by atoms with E-state index >= 15 is 0 Å². The SMILES string of the molecule is O=C(Nc1cnn(C[C@@H]2CCCCO2)c1)[C@H]1CCOC1. The summed E-state index contributed by atoms with van der Waals surface area (Å²) >= 11 is 0. The highest BCUT2D eigenvalue weighted by atomic mass is 16.5. The van der Waals surface area contributed by atoms with Crippen molar-refractivity contribution in [2.45, 2.75) is 38.3 Å². The summed E-state index contributed by atoms with van der Waals surface area (Å²) in [5.74, 6) is -0.00371. The normalized spacial score (nSPS) is 26.6. The molecule has 1 amide bonds. The van der Waals surface area contributed by atoms with Gasteiger partial charge in [-0.25, -0.2) is 0 Å². The third-order valence-corrected chi connectivity index (χ3v) is 3.87. The van der Waals surface area contributed by atoms with Crippen LogP contribution in [0.3, 0.4) is 0 Å². The lowest BCUT2D eigenvalue weighted by atomic mass is 10.1. The Hall–Kier alpha value is -1.40. The van der Waals surface area contributed by atoms with E-state index in [9.17, 15) is 4.79 Å². The molecular weight excluding hydrogens is 258 g/mol. The molecule has 0 saturated carbocycles. The summed E-state index contributed by atoms with van der Waals surface area (Å²) in [4.78, 5) is 12.0. The van der Waals surface area contributed by atoms with Crippen molar-refractivity contribution in [1.82, 2.24) is 9.78 Å². The fourth-order valence-electron chi connectivity index (χ4n) is 2.67. The molecule has 1 aromatic rings. The van der Waals surface area contributed by atoms with Crippen LogP contribution in [0.4, 0.5) is 5.69 Å². The highest BCUT2D eigenvalue weighted by Gasteiger charge is 2.24. The van der Waals surface area contributed by atoms with E-state index in [1.54, 1.807) is 6.20 Å². The number of aromatic nitrogens is 2. The van der Waals surface area contributed by atoms with Crippen LogP contribution in [-0.2, 0) is 20.8 Å². The van der Waals surface area contributed by atoms with E-state index < -0.39 is 0 Å². The third-order valence-electron chi connectivity index (χ3n) is 3.87. The van der Waals surface area contributed by atoms with E-state index in [4.69, 9.17) is 9.47 Å². The van der Waals surface area contributed by atoms with Gasteiger partial charge in [0.1, 0.15) is 0 Å². The molecule has 110 valence electrons. The Bertz CT molecular complexity index is 448. The van der Waals surface area contributed by atoms with Crippen molar-refractivity contribution in [3.63, 3.8) is 0 Å². The number of amides is 1. The number of carbonyl (C=O) groups excluding carboxylic acids is 1. The van der Waals surface area contributed by atoms with Crippen LogP contribution in [0.15, 0.2) is 12.4 Å². The van der Waals surface area contributed by atoms with Gasteiger partial charge in [0.25, 0.3) is 0 Å². The minimum Gasteiger partial charge on any atom is -0.381 e. The summed E-state index contributed by atoms with van der Waals surface area (Å²) in [6.45, 7) is 2.80. The summed E-state index contributed by atoms with van der Waals surface area (Å²) in [6, 6.07) is 0. The van der Waals surface area contributed by atoms with Gasteiger partial charge >= 0.3 is 0 Å².